The summed E-state index contributed by atoms with van der Waals surface area (Å²) in [7, 11) is -3.77. The minimum atomic E-state index is -3.77. The molecular weight excluding hydrogens is 381 g/mol. The van der Waals surface area contributed by atoms with Gasteiger partial charge in [0.25, 0.3) is 0 Å². The van der Waals surface area contributed by atoms with E-state index in [0.717, 1.165) is 0 Å². The van der Waals surface area contributed by atoms with E-state index < -0.39 is 27.7 Å². The molecule has 28 heavy (non-hydrogen) atoms. The van der Waals surface area contributed by atoms with E-state index in [0.29, 0.717) is 37.2 Å². The fraction of sp³-hybridized carbons (Fsp3) is 0.300. The summed E-state index contributed by atoms with van der Waals surface area (Å²) in [6.45, 7) is 0.860. The van der Waals surface area contributed by atoms with Crippen molar-refractivity contribution in [3.05, 3.63) is 65.5 Å². The smallest absolute Gasteiger partial charge is 0.239 e. The van der Waals surface area contributed by atoms with Gasteiger partial charge in [-0.25, -0.2) is 12.8 Å². The number of hydrogen-bond donors (Lipinski definition) is 1. The molecular formula is C20H20FN3O3S. The van der Waals surface area contributed by atoms with Crippen LogP contribution in [0.2, 0.25) is 0 Å². The number of anilines is 1. The molecule has 0 bridgehead atoms. The Hall–Kier alpha value is -2.92. The van der Waals surface area contributed by atoms with Gasteiger partial charge >= 0.3 is 0 Å². The molecule has 8 heteroatoms. The largest absolute Gasteiger partial charge is 0.369 e. The number of nitrogens with one attached hydrogen (secondary N) is 1. The van der Waals surface area contributed by atoms with Crippen LogP contribution in [0, 0.1) is 23.1 Å². The van der Waals surface area contributed by atoms with Crippen LogP contribution in [0.15, 0.2) is 48.5 Å². The van der Waals surface area contributed by atoms with Gasteiger partial charge in [0.15, 0.2) is 0 Å². The summed E-state index contributed by atoms with van der Waals surface area (Å²) in [5.41, 5.74) is 1.24. The summed E-state index contributed by atoms with van der Waals surface area (Å²) in [5.74, 6) is -1.69. The van der Waals surface area contributed by atoms with Gasteiger partial charge in [-0.1, -0.05) is 30.3 Å². The Balaban J connectivity index is 1.57. The second kappa shape index (κ2) is 8.40. The number of piperidine rings is 1. The second-order valence-corrected chi connectivity index (χ2v) is 8.47. The number of rotatable bonds is 5. The van der Waals surface area contributed by atoms with Gasteiger partial charge < -0.3 is 4.90 Å². The van der Waals surface area contributed by atoms with Gasteiger partial charge in [-0.2, -0.15) is 5.26 Å². The minimum absolute atomic E-state index is 0.249. The molecule has 1 fully saturated rings. The maximum Gasteiger partial charge on any atom is 0.239 e. The zero-order chi connectivity index (χ0) is 20.1. The Morgan fingerprint density at radius 2 is 1.86 bits per heavy atom. The fourth-order valence-electron chi connectivity index (χ4n) is 3.28. The van der Waals surface area contributed by atoms with Crippen LogP contribution >= 0.6 is 0 Å². The van der Waals surface area contributed by atoms with Crippen LogP contribution in [0.25, 0.3) is 0 Å². The van der Waals surface area contributed by atoms with Crippen LogP contribution in [-0.2, 0) is 20.6 Å². The molecule has 1 N–H and O–H groups in total. The van der Waals surface area contributed by atoms with E-state index in [1.54, 1.807) is 47.4 Å². The third kappa shape index (κ3) is 4.87. The summed E-state index contributed by atoms with van der Waals surface area (Å²) >= 11 is 0. The van der Waals surface area contributed by atoms with Crippen molar-refractivity contribution in [1.29, 1.82) is 5.26 Å². The lowest BCUT2D eigenvalue weighted by molar-refractivity contribution is -0.123. The number of hydrogen-bond acceptors (Lipinski definition) is 5. The van der Waals surface area contributed by atoms with Crippen LogP contribution in [0.4, 0.5) is 10.1 Å². The van der Waals surface area contributed by atoms with Crippen LogP contribution in [0.5, 0.6) is 0 Å². The minimum Gasteiger partial charge on any atom is -0.369 e. The molecule has 0 saturated carbocycles. The maximum absolute atomic E-state index is 14.2. The van der Waals surface area contributed by atoms with E-state index in [4.69, 9.17) is 5.26 Å². The molecule has 0 spiro atoms. The number of sulfonamides is 1. The molecule has 1 aliphatic heterocycles. The van der Waals surface area contributed by atoms with Gasteiger partial charge in [-0.15, -0.1) is 0 Å². The Labute approximate surface area is 163 Å². The van der Waals surface area contributed by atoms with Gasteiger partial charge in [0.1, 0.15) is 5.82 Å². The number of carbonyl (C=O) groups excluding carboxylic acids is 1. The average Bonchev–Trinajstić information content (AvgIpc) is 2.68. The zero-order valence-corrected chi connectivity index (χ0v) is 16.0. The molecule has 3 rings (SSSR count). The third-order valence-electron chi connectivity index (χ3n) is 4.74. The predicted molar refractivity (Wildman–Crippen MR) is 103 cm³/mol. The van der Waals surface area contributed by atoms with E-state index in [1.807, 2.05) is 6.07 Å². The van der Waals surface area contributed by atoms with Crippen molar-refractivity contribution in [3.8, 4) is 6.07 Å². The normalized spacial score (nSPS) is 15.1. The molecule has 1 saturated heterocycles. The monoisotopic (exact) mass is 401 g/mol. The summed E-state index contributed by atoms with van der Waals surface area (Å²) < 4.78 is 40.8. The highest BCUT2D eigenvalue weighted by atomic mass is 32.2. The highest BCUT2D eigenvalue weighted by Crippen LogP contribution is 2.26. The molecule has 2 aromatic rings. The molecule has 2 aromatic carbocycles. The number of nitrogens with zero attached hydrogens (tertiary/aromatic N) is 2. The molecule has 6 nitrogen and oxygen atoms in total. The van der Waals surface area contributed by atoms with Gasteiger partial charge in [0.05, 0.1) is 23.1 Å². The fourth-order valence-corrected chi connectivity index (χ4v) is 4.46. The van der Waals surface area contributed by atoms with Crippen molar-refractivity contribution < 1.29 is 17.6 Å². The number of halogens is 1. The number of carbonyl (C=O) groups is 1. The molecule has 0 aliphatic carbocycles. The Kier molecular flexibility index (Phi) is 5.95. The van der Waals surface area contributed by atoms with Gasteiger partial charge in [0.2, 0.25) is 15.9 Å². The molecule has 1 aliphatic rings. The van der Waals surface area contributed by atoms with Crippen molar-refractivity contribution in [2.75, 3.05) is 18.0 Å². The summed E-state index contributed by atoms with van der Waals surface area (Å²) in [6, 6.07) is 14.8. The van der Waals surface area contributed by atoms with E-state index >= 15 is 0 Å². The first-order chi connectivity index (χ1) is 13.4. The SMILES string of the molecule is N#Cc1ccc(N2CCC(C(=O)NS(=O)(=O)Cc3ccccc3)CC2)c(F)c1. The summed E-state index contributed by atoms with van der Waals surface area (Å²) in [5, 5.41) is 8.82. The van der Waals surface area contributed by atoms with Crippen LogP contribution in [0.1, 0.15) is 24.0 Å². The first-order valence-corrected chi connectivity index (χ1v) is 10.6. The number of amides is 1. The first kappa shape index (κ1) is 19.8. The lowest BCUT2D eigenvalue weighted by Crippen LogP contribution is -2.42. The number of nitriles is 1. The number of benzene rings is 2. The van der Waals surface area contributed by atoms with E-state index in [9.17, 15) is 17.6 Å². The topological polar surface area (TPSA) is 90.3 Å². The van der Waals surface area contributed by atoms with Crippen molar-refractivity contribution in [1.82, 2.24) is 4.72 Å². The standard InChI is InChI=1S/C20H20FN3O3S/c21-18-12-16(13-22)6-7-19(18)24-10-8-17(9-11-24)20(25)23-28(26,27)14-15-4-2-1-3-5-15/h1-7,12,17H,8-11,14H2,(H,23,25). The molecule has 1 heterocycles. The molecule has 0 unspecified atom stereocenters. The summed E-state index contributed by atoms with van der Waals surface area (Å²) in [6.07, 6.45) is 0.845. The molecule has 1 amide bonds. The Morgan fingerprint density at radius 1 is 1.18 bits per heavy atom. The van der Waals surface area contributed by atoms with Crippen LogP contribution < -0.4 is 9.62 Å². The van der Waals surface area contributed by atoms with E-state index in [2.05, 4.69) is 4.72 Å². The molecule has 0 radical (unpaired) electrons. The highest BCUT2D eigenvalue weighted by molar-refractivity contribution is 7.89. The van der Waals surface area contributed by atoms with Crippen molar-refractivity contribution >= 4 is 21.6 Å². The lowest BCUT2D eigenvalue weighted by atomic mass is 9.96. The highest BCUT2D eigenvalue weighted by Gasteiger charge is 2.28. The lowest BCUT2D eigenvalue weighted by Gasteiger charge is -2.33. The van der Waals surface area contributed by atoms with Gasteiger partial charge in [-0.05, 0) is 36.6 Å². The van der Waals surface area contributed by atoms with Crippen LogP contribution in [0.3, 0.4) is 0 Å². The van der Waals surface area contributed by atoms with Gasteiger partial charge in [-0.3, -0.25) is 9.52 Å². The molecule has 0 atom stereocenters. The van der Waals surface area contributed by atoms with E-state index in [-0.39, 0.29) is 11.3 Å². The van der Waals surface area contributed by atoms with Gasteiger partial charge in [0, 0.05) is 19.0 Å². The zero-order valence-electron chi connectivity index (χ0n) is 15.1. The molecule has 146 valence electrons. The summed E-state index contributed by atoms with van der Waals surface area (Å²) in [4.78, 5) is 14.2. The molecule has 0 aromatic heterocycles. The van der Waals surface area contributed by atoms with E-state index in [1.165, 1.54) is 6.07 Å². The third-order valence-corrected chi connectivity index (χ3v) is 5.96. The predicted octanol–water partition coefficient (Wildman–Crippen LogP) is 2.56. The maximum atomic E-state index is 14.2. The second-order valence-electron chi connectivity index (χ2n) is 6.75. The van der Waals surface area contributed by atoms with Crippen molar-refractivity contribution in [2.45, 2.75) is 18.6 Å². The van der Waals surface area contributed by atoms with Crippen molar-refractivity contribution in [3.63, 3.8) is 0 Å². The van der Waals surface area contributed by atoms with Crippen LogP contribution in [-0.4, -0.2) is 27.4 Å². The van der Waals surface area contributed by atoms with Crippen molar-refractivity contribution in [2.24, 2.45) is 5.92 Å². The Morgan fingerprint density at radius 3 is 2.46 bits per heavy atom. The Bertz CT molecular complexity index is 995. The first-order valence-electron chi connectivity index (χ1n) is 8.91. The average molecular weight is 401 g/mol. The quantitative estimate of drug-likeness (QED) is 0.832.